The third kappa shape index (κ3) is 5.38. The molecule has 0 aliphatic heterocycles. The number of hydrogen-bond acceptors (Lipinski definition) is 4. The third-order valence-corrected chi connectivity index (χ3v) is 2.51. The number of carbonyl (C=O) groups is 1. The first-order chi connectivity index (χ1) is 9.02. The first-order valence-corrected chi connectivity index (χ1v) is 6.41. The number of carbonyl (C=O) groups excluding carboxylic acids is 1. The molecule has 19 heavy (non-hydrogen) atoms. The quantitative estimate of drug-likeness (QED) is 0.818. The molecular formula is C14H20N4O. The van der Waals surface area contributed by atoms with Crippen molar-refractivity contribution in [3.63, 3.8) is 0 Å². The molecule has 0 radical (unpaired) electrons. The number of nitrogens with one attached hydrogen (secondary N) is 2. The summed E-state index contributed by atoms with van der Waals surface area (Å²) < 4.78 is 0. The van der Waals surface area contributed by atoms with Crippen LogP contribution in [-0.2, 0) is 4.79 Å². The van der Waals surface area contributed by atoms with Crippen LogP contribution in [0, 0.1) is 24.2 Å². The fraction of sp³-hybridized carbons (Fsp3) is 0.500. The minimum absolute atomic E-state index is 0.00682. The van der Waals surface area contributed by atoms with Crippen LogP contribution in [0.4, 0.5) is 5.82 Å². The minimum Gasteiger partial charge on any atom is -0.368 e. The highest BCUT2D eigenvalue weighted by molar-refractivity contribution is 5.76. The standard InChI is InChI=1S/C14H20N4O/c1-10(2)9-17-13(19)6-7-16-14-12(8-15)5-4-11(3)18-14/h4-5,10H,6-7,9H2,1-3H3,(H,16,18)(H,17,19). The Labute approximate surface area is 114 Å². The van der Waals surface area contributed by atoms with Gasteiger partial charge in [-0.1, -0.05) is 13.8 Å². The monoisotopic (exact) mass is 260 g/mol. The van der Waals surface area contributed by atoms with E-state index in [1.165, 1.54) is 0 Å². The number of nitriles is 1. The van der Waals surface area contributed by atoms with Crippen LogP contribution in [0.3, 0.4) is 0 Å². The second-order valence-electron chi connectivity index (χ2n) is 4.84. The average Bonchev–Trinajstić information content (AvgIpc) is 2.36. The second kappa shape index (κ2) is 7.37. The maximum atomic E-state index is 11.5. The molecule has 1 amide bonds. The van der Waals surface area contributed by atoms with Gasteiger partial charge in [-0.05, 0) is 25.0 Å². The van der Waals surface area contributed by atoms with Crippen molar-refractivity contribution in [2.75, 3.05) is 18.4 Å². The number of aromatic nitrogens is 1. The van der Waals surface area contributed by atoms with Gasteiger partial charge in [0.25, 0.3) is 0 Å². The lowest BCUT2D eigenvalue weighted by atomic mass is 10.2. The molecule has 0 saturated carbocycles. The number of amides is 1. The van der Waals surface area contributed by atoms with E-state index in [9.17, 15) is 4.79 Å². The first kappa shape index (κ1) is 15.0. The molecule has 1 aromatic rings. The number of anilines is 1. The van der Waals surface area contributed by atoms with Crippen LogP contribution in [0.25, 0.3) is 0 Å². The van der Waals surface area contributed by atoms with Gasteiger partial charge in [-0.2, -0.15) is 5.26 Å². The molecule has 1 rings (SSSR count). The van der Waals surface area contributed by atoms with Gasteiger partial charge in [-0.3, -0.25) is 4.79 Å². The molecule has 0 saturated heterocycles. The molecule has 0 aliphatic rings. The highest BCUT2D eigenvalue weighted by Gasteiger charge is 2.05. The van der Waals surface area contributed by atoms with Crippen LogP contribution in [0.1, 0.15) is 31.5 Å². The molecule has 0 bridgehead atoms. The maximum Gasteiger partial charge on any atom is 0.221 e. The molecule has 0 aliphatic carbocycles. The van der Waals surface area contributed by atoms with Crippen molar-refractivity contribution >= 4 is 11.7 Å². The topological polar surface area (TPSA) is 77.8 Å². The summed E-state index contributed by atoms with van der Waals surface area (Å²) in [7, 11) is 0. The molecule has 2 N–H and O–H groups in total. The van der Waals surface area contributed by atoms with Crippen LogP contribution in [0.2, 0.25) is 0 Å². The minimum atomic E-state index is 0.00682. The fourth-order valence-electron chi connectivity index (χ4n) is 1.48. The van der Waals surface area contributed by atoms with Crippen LogP contribution in [0.15, 0.2) is 12.1 Å². The summed E-state index contributed by atoms with van der Waals surface area (Å²) >= 11 is 0. The molecular weight excluding hydrogens is 240 g/mol. The molecule has 0 atom stereocenters. The van der Waals surface area contributed by atoms with E-state index in [0.29, 0.717) is 36.8 Å². The van der Waals surface area contributed by atoms with Crippen LogP contribution in [0.5, 0.6) is 0 Å². The van der Waals surface area contributed by atoms with Crippen molar-refractivity contribution in [3.05, 3.63) is 23.4 Å². The Morgan fingerprint density at radius 3 is 2.84 bits per heavy atom. The van der Waals surface area contributed by atoms with Gasteiger partial charge in [-0.15, -0.1) is 0 Å². The van der Waals surface area contributed by atoms with Crippen molar-refractivity contribution in [2.45, 2.75) is 27.2 Å². The number of pyridine rings is 1. The van der Waals surface area contributed by atoms with Gasteiger partial charge in [0.2, 0.25) is 5.91 Å². The maximum absolute atomic E-state index is 11.5. The normalized spacial score (nSPS) is 10.1. The molecule has 0 spiro atoms. The van der Waals surface area contributed by atoms with E-state index >= 15 is 0 Å². The Hall–Kier alpha value is -2.09. The number of rotatable bonds is 6. The number of aryl methyl sites for hydroxylation is 1. The van der Waals surface area contributed by atoms with Crippen LogP contribution >= 0.6 is 0 Å². The average molecular weight is 260 g/mol. The van der Waals surface area contributed by atoms with E-state index in [0.717, 1.165) is 5.69 Å². The van der Waals surface area contributed by atoms with Gasteiger partial charge in [0, 0.05) is 25.2 Å². The molecule has 0 unspecified atom stereocenters. The first-order valence-electron chi connectivity index (χ1n) is 6.41. The van der Waals surface area contributed by atoms with E-state index < -0.39 is 0 Å². The smallest absolute Gasteiger partial charge is 0.221 e. The molecule has 102 valence electrons. The summed E-state index contributed by atoms with van der Waals surface area (Å²) in [6.07, 6.45) is 0.368. The zero-order chi connectivity index (χ0) is 14.3. The van der Waals surface area contributed by atoms with Gasteiger partial charge in [0.1, 0.15) is 11.9 Å². The molecule has 0 aromatic carbocycles. The van der Waals surface area contributed by atoms with E-state index in [1.807, 2.05) is 20.8 Å². The largest absolute Gasteiger partial charge is 0.368 e. The SMILES string of the molecule is Cc1ccc(C#N)c(NCCC(=O)NCC(C)C)n1. The van der Waals surface area contributed by atoms with Crippen molar-refractivity contribution in [3.8, 4) is 6.07 Å². The predicted octanol–water partition coefficient (Wildman–Crippen LogP) is 1.84. The zero-order valence-electron chi connectivity index (χ0n) is 11.7. The third-order valence-electron chi connectivity index (χ3n) is 2.51. The van der Waals surface area contributed by atoms with Crippen molar-refractivity contribution < 1.29 is 4.79 Å². The molecule has 1 aromatic heterocycles. The number of nitrogens with zero attached hydrogens (tertiary/aromatic N) is 2. The fourth-order valence-corrected chi connectivity index (χ4v) is 1.48. The zero-order valence-corrected chi connectivity index (χ0v) is 11.7. The summed E-state index contributed by atoms with van der Waals surface area (Å²) in [5.74, 6) is 0.993. The van der Waals surface area contributed by atoms with Gasteiger partial charge in [0.05, 0.1) is 5.56 Å². The van der Waals surface area contributed by atoms with E-state index in [2.05, 4.69) is 21.7 Å². The highest BCUT2D eigenvalue weighted by Crippen LogP contribution is 2.11. The van der Waals surface area contributed by atoms with Crippen molar-refractivity contribution in [1.82, 2.24) is 10.3 Å². The van der Waals surface area contributed by atoms with Crippen LogP contribution in [-0.4, -0.2) is 24.0 Å². The number of hydrogen-bond donors (Lipinski definition) is 2. The molecule has 5 nitrogen and oxygen atoms in total. The Bertz CT molecular complexity index is 477. The summed E-state index contributed by atoms with van der Waals surface area (Å²) in [5.41, 5.74) is 1.33. The van der Waals surface area contributed by atoms with E-state index in [4.69, 9.17) is 5.26 Å². The van der Waals surface area contributed by atoms with Gasteiger partial charge < -0.3 is 10.6 Å². The van der Waals surface area contributed by atoms with Crippen LogP contribution < -0.4 is 10.6 Å². The summed E-state index contributed by atoms with van der Waals surface area (Å²) in [6, 6.07) is 5.59. The van der Waals surface area contributed by atoms with E-state index in [-0.39, 0.29) is 5.91 Å². The molecule has 5 heteroatoms. The highest BCUT2D eigenvalue weighted by atomic mass is 16.1. The van der Waals surface area contributed by atoms with E-state index in [1.54, 1.807) is 12.1 Å². The second-order valence-corrected chi connectivity index (χ2v) is 4.84. The Kier molecular flexibility index (Phi) is 5.80. The Balaban J connectivity index is 2.43. The van der Waals surface area contributed by atoms with Crippen molar-refractivity contribution in [1.29, 1.82) is 5.26 Å². The predicted molar refractivity (Wildman–Crippen MR) is 74.6 cm³/mol. The Morgan fingerprint density at radius 2 is 2.21 bits per heavy atom. The molecule has 0 fully saturated rings. The van der Waals surface area contributed by atoms with Crippen molar-refractivity contribution in [2.24, 2.45) is 5.92 Å². The molecule has 1 heterocycles. The van der Waals surface area contributed by atoms with Gasteiger partial charge >= 0.3 is 0 Å². The van der Waals surface area contributed by atoms with Gasteiger partial charge in [-0.25, -0.2) is 4.98 Å². The lowest BCUT2D eigenvalue weighted by Gasteiger charge is -2.09. The summed E-state index contributed by atoms with van der Waals surface area (Å²) in [5, 5.41) is 14.8. The summed E-state index contributed by atoms with van der Waals surface area (Å²) in [6.45, 7) is 7.12. The van der Waals surface area contributed by atoms with Gasteiger partial charge in [0.15, 0.2) is 0 Å². The Morgan fingerprint density at radius 1 is 1.47 bits per heavy atom. The lowest BCUT2D eigenvalue weighted by Crippen LogP contribution is -2.28. The summed E-state index contributed by atoms with van der Waals surface area (Å²) in [4.78, 5) is 15.8. The lowest BCUT2D eigenvalue weighted by molar-refractivity contribution is -0.120.